The van der Waals surface area contributed by atoms with Crippen LogP contribution in [0.15, 0.2) is 42.5 Å². The van der Waals surface area contributed by atoms with Gasteiger partial charge in [0.05, 0.1) is 10.0 Å². The Hall–Kier alpha value is -1.02. The molecule has 0 heterocycles. The summed E-state index contributed by atoms with van der Waals surface area (Å²) in [6.07, 6.45) is 1.13. The fourth-order valence-electron chi connectivity index (χ4n) is 2.02. The minimum Gasteiger partial charge on any atom is -0.313 e. The summed E-state index contributed by atoms with van der Waals surface area (Å²) in [4.78, 5) is 0. The number of halogens is 2. The molecule has 100 valence electrons. The van der Waals surface area contributed by atoms with Crippen molar-refractivity contribution in [3.63, 3.8) is 0 Å². The highest BCUT2D eigenvalue weighted by atomic mass is 35.5. The van der Waals surface area contributed by atoms with Gasteiger partial charge in [-0.15, -0.1) is 0 Å². The molecule has 0 aliphatic carbocycles. The highest BCUT2D eigenvalue weighted by molar-refractivity contribution is 6.42. The van der Waals surface area contributed by atoms with Crippen molar-refractivity contribution in [1.82, 2.24) is 5.32 Å². The van der Waals surface area contributed by atoms with Gasteiger partial charge < -0.3 is 5.32 Å². The second kappa shape index (κ2) is 6.95. The molecule has 1 N–H and O–H groups in total. The average molecular weight is 294 g/mol. The molecule has 0 fully saturated rings. The maximum atomic E-state index is 6.10. The maximum Gasteiger partial charge on any atom is 0.0598 e. The van der Waals surface area contributed by atoms with Gasteiger partial charge in [-0.1, -0.05) is 60.5 Å². The Bertz CT molecular complexity index is 552. The largest absolute Gasteiger partial charge is 0.313 e. The van der Waals surface area contributed by atoms with Crippen LogP contribution in [0, 0.1) is 0 Å². The normalized spacial score (nSPS) is 10.7. The van der Waals surface area contributed by atoms with Crippen LogP contribution in [-0.2, 0) is 6.54 Å². The third-order valence-corrected chi connectivity index (χ3v) is 3.73. The summed E-state index contributed by atoms with van der Waals surface area (Å²) in [6, 6.07) is 14.1. The van der Waals surface area contributed by atoms with Crippen molar-refractivity contribution < 1.29 is 0 Å². The molecule has 0 saturated heterocycles. The van der Waals surface area contributed by atoms with Gasteiger partial charge in [-0.3, -0.25) is 0 Å². The fraction of sp³-hybridized carbons (Fsp3) is 0.250. The molecule has 0 amide bonds. The van der Waals surface area contributed by atoms with Crippen LogP contribution in [0.25, 0.3) is 11.1 Å². The van der Waals surface area contributed by atoms with Gasteiger partial charge in [-0.2, -0.15) is 0 Å². The molecule has 1 nitrogen and oxygen atoms in total. The zero-order valence-corrected chi connectivity index (χ0v) is 12.4. The van der Waals surface area contributed by atoms with E-state index in [0.29, 0.717) is 10.0 Å². The number of rotatable bonds is 5. The van der Waals surface area contributed by atoms with Gasteiger partial charge >= 0.3 is 0 Å². The van der Waals surface area contributed by atoms with Crippen LogP contribution in [0.3, 0.4) is 0 Å². The predicted molar refractivity (Wildman–Crippen MR) is 83.9 cm³/mol. The van der Waals surface area contributed by atoms with Crippen LogP contribution < -0.4 is 5.32 Å². The Balaban J connectivity index is 2.30. The van der Waals surface area contributed by atoms with Crippen molar-refractivity contribution in [2.75, 3.05) is 6.54 Å². The van der Waals surface area contributed by atoms with Crippen molar-refractivity contribution in [3.8, 4) is 11.1 Å². The molecule has 0 spiro atoms. The molecule has 0 radical (unpaired) electrons. The number of hydrogen-bond acceptors (Lipinski definition) is 1. The average Bonchev–Trinajstić information content (AvgIpc) is 2.43. The number of nitrogens with one attached hydrogen (secondary N) is 1. The standard InChI is InChI=1S/C16H17Cl2N/c1-2-9-19-11-13-5-3-4-6-14(13)12-7-8-15(17)16(18)10-12/h3-8,10,19H,2,9,11H2,1H3. The van der Waals surface area contributed by atoms with E-state index in [1.807, 2.05) is 24.3 Å². The molecule has 0 atom stereocenters. The Morgan fingerprint density at radius 3 is 2.53 bits per heavy atom. The topological polar surface area (TPSA) is 12.0 Å². The molecule has 2 rings (SSSR count). The van der Waals surface area contributed by atoms with Gasteiger partial charge in [0.15, 0.2) is 0 Å². The minimum atomic E-state index is 0.590. The summed E-state index contributed by atoms with van der Waals surface area (Å²) in [7, 11) is 0. The van der Waals surface area contributed by atoms with Gasteiger partial charge in [0.2, 0.25) is 0 Å². The monoisotopic (exact) mass is 293 g/mol. The molecule has 2 aromatic rings. The zero-order chi connectivity index (χ0) is 13.7. The van der Waals surface area contributed by atoms with Gasteiger partial charge in [-0.05, 0) is 41.8 Å². The van der Waals surface area contributed by atoms with E-state index in [2.05, 4.69) is 30.4 Å². The first kappa shape index (κ1) is 14.4. The zero-order valence-electron chi connectivity index (χ0n) is 10.9. The molecule has 0 aliphatic heterocycles. The fourth-order valence-corrected chi connectivity index (χ4v) is 2.32. The highest BCUT2D eigenvalue weighted by Crippen LogP contribution is 2.30. The Labute approximate surface area is 124 Å². The van der Waals surface area contributed by atoms with Crippen LogP contribution in [-0.4, -0.2) is 6.54 Å². The SMILES string of the molecule is CCCNCc1ccccc1-c1ccc(Cl)c(Cl)c1. The molecule has 0 aromatic heterocycles. The third-order valence-electron chi connectivity index (χ3n) is 2.99. The highest BCUT2D eigenvalue weighted by Gasteiger charge is 2.06. The van der Waals surface area contributed by atoms with Crippen molar-refractivity contribution in [2.24, 2.45) is 0 Å². The summed E-state index contributed by atoms with van der Waals surface area (Å²) >= 11 is 12.1. The van der Waals surface area contributed by atoms with Crippen LogP contribution in [0.5, 0.6) is 0 Å². The van der Waals surface area contributed by atoms with Crippen LogP contribution in [0.4, 0.5) is 0 Å². The summed E-state index contributed by atoms with van der Waals surface area (Å²) < 4.78 is 0. The van der Waals surface area contributed by atoms with E-state index in [1.165, 1.54) is 11.1 Å². The molecule has 0 unspecified atom stereocenters. The van der Waals surface area contributed by atoms with Gasteiger partial charge in [0.1, 0.15) is 0 Å². The van der Waals surface area contributed by atoms with Crippen molar-refractivity contribution in [1.29, 1.82) is 0 Å². The van der Waals surface area contributed by atoms with Crippen LogP contribution in [0.1, 0.15) is 18.9 Å². The Morgan fingerprint density at radius 2 is 1.79 bits per heavy atom. The first-order valence-corrected chi connectivity index (χ1v) is 7.22. The molecule has 2 aromatic carbocycles. The molecule has 0 aliphatic rings. The lowest BCUT2D eigenvalue weighted by atomic mass is 10.00. The quantitative estimate of drug-likeness (QED) is 0.751. The summed E-state index contributed by atoms with van der Waals surface area (Å²) in [5.74, 6) is 0. The van der Waals surface area contributed by atoms with Gasteiger partial charge in [0, 0.05) is 6.54 Å². The van der Waals surface area contributed by atoms with E-state index in [1.54, 1.807) is 0 Å². The van der Waals surface area contributed by atoms with Crippen molar-refractivity contribution in [3.05, 3.63) is 58.1 Å². The van der Waals surface area contributed by atoms with E-state index in [9.17, 15) is 0 Å². The van der Waals surface area contributed by atoms with E-state index >= 15 is 0 Å². The maximum absolute atomic E-state index is 6.10. The Kier molecular flexibility index (Phi) is 5.26. The van der Waals surface area contributed by atoms with E-state index in [4.69, 9.17) is 23.2 Å². The molecular weight excluding hydrogens is 277 g/mol. The van der Waals surface area contributed by atoms with E-state index < -0.39 is 0 Å². The number of benzene rings is 2. The second-order valence-corrected chi connectivity index (χ2v) is 5.28. The molecule has 0 bridgehead atoms. The molecule has 3 heteroatoms. The Morgan fingerprint density at radius 1 is 1.00 bits per heavy atom. The van der Waals surface area contributed by atoms with Crippen LogP contribution in [0.2, 0.25) is 10.0 Å². The van der Waals surface area contributed by atoms with Crippen molar-refractivity contribution >= 4 is 23.2 Å². The number of hydrogen-bond donors (Lipinski definition) is 1. The minimum absolute atomic E-state index is 0.590. The lowest BCUT2D eigenvalue weighted by Crippen LogP contribution is -2.14. The predicted octanol–water partition coefficient (Wildman–Crippen LogP) is 5.16. The van der Waals surface area contributed by atoms with Crippen LogP contribution >= 0.6 is 23.2 Å². The third kappa shape index (κ3) is 3.73. The molecule has 0 saturated carbocycles. The van der Waals surface area contributed by atoms with Gasteiger partial charge in [-0.25, -0.2) is 0 Å². The summed E-state index contributed by atoms with van der Waals surface area (Å²) in [5, 5.41) is 4.61. The first-order valence-electron chi connectivity index (χ1n) is 6.46. The second-order valence-electron chi connectivity index (χ2n) is 4.46. The molecular formula is C16H17Cl2N. The lowest BCUT2D eigenvalue weighted by molar-refractivity contribution is 0.676. The molecule has 19 heavy (non-hydrogen) atoms. The lowest BCUT2D eigenvalue weighted by Gasteiger charge is -2.11. The summed E-state index contributed by atoms with van der Waals surface area (Å²) in [5.41, 5.74) is 3.57. The van der Waals surface area contributed by atoms with E-state index in [0.717, 1.165) is 25.1 Å². The first-order chi connectivity index (χ1) is 9.22. The van der Waals surface area contributed by atoms with Gasteiger partial charge in [0.25, 0.3) is 0 Å². The van der Waals surface area contributed by atoms with E-state index in [-0.39, 0.29) is 0 Å². The smallest absolute Gasteiger partial charge is 0.0598 e. The summed E-state index contributed by atoms with van der Waals surface area (Å²) in [6.45, 7) is 4.05. The van der Waals surface area contributed by atoms with Crippen molar-refractivity contribution in [2.45, 2.75) is 19.9 Å².